The highest BCUT2D eigenvalue weighted by molar-refractivity contribution is 5.78. The largest absolute Gasteiger partial charge is 0.300 e. The molecule has 0 amide bonds. The Hall–Kier alpha value is -0.330. The Morgan fingerprint density at radius 1 is 1.13 bits per heavy atom. The highest BCUT2D eigenvalue weighted by Crippen LogP contribution is 2.28. The summed E-state index contributed by atoms with van der Waals surface area (Å²) in [7, 11) is 0. The molecule has 15 heavy (non-hydrogen) atoms. The van der Waals surface area contributed by atoms with Crippen LogP contribution in [0.2, 0.25) is 0 Å². The molecule has 0 aromatic carbocycles. The van der Waals surface area contributed by atoms with Gasteiger partial charge in [0, 0.05) is 12.8 Å². The molecule has 0 aromatic rings. The van der Waals surface area contributed by atoms with Crippen LogP contribution in [-0.4, -0.2) is 5.78 Å². The topological polar surface area (TPSA) is 17.1 Å². The molecule has 0 radical (unpaired) electrons. The van der Waals surface area contributed by atoms with Crippen LogP contribution in [0.4, 0.5) is 0 Å². The van der Waals surface area contributed by atoms with Crippen molar-refractivity contribution in [2.45, 2.75) is 72.1 Å². The fourth-order valence-corrected chi connectivity index (χ4v) is 2.33. The lowest BCUT2D eigenvalue weighted by Gasteiger charge is -2.22. The van der Waals surface area contributed by atoms with Gasteiger partial charge in [-0.05, 0) is 17.8 Å². The third-order valence-corrected chi connectivity index (χ3v) is 3.39. The molecule has 0 saturated heterocycles. The zero-order valence-electron chi connectivity index (χ0n) is 10.6. The van der Waals surface area contributed by atoms with E-state index in [1.165, 1.54) is 32.1 Å². The molecule has 1 nitrogen and oxygen atoms in total. The molecule has 88 valence electrons. The summed E-state index contributed by atoms with van der Waals surface area (Å²) in [5.74, 6) is 1.21. The molecular formula is C14H26O. The first kappa shape index (κ1) is 12.7. The van der Waals surface area contributed by atoms with Gasteiger partial charge in [0.05, 0.1) is 0 Å². The van der Waals surface area contributed by atoms with Gasteiger partial charge in [-0.15, -0.1) is 0 Å². The number of hydrogen-bond donors (Lipinski definition) is 0. The van der Waals surface area contributed by atoms with Crippen LogP contribution < -0.4 is 0 Å². The maximum Gasteiger partial charge on any atom is 0.133 e. The van der Waals surface area contributed by atoms with Gasteiger partial charge in [-0.3, -0.25) is 4.79 Å². The standard InChI is InChI=1S/C14H26O/c1-14(2,3)10-9-13(15)11-12-7-5-4-6-8-12/h12H,4-11H2,1-3H3. The van der Waals surface area contributed by atoms with Gasteiger partial charge in [0.25, 0.3) is 0 Å². The van der Waals surface area contributed by atoms with Gasteiger partial charge in [0.2, 0.25) is 0 Å². The number of ketones is 1. The molecular weight excluding hydrogens is 184 g/mol. The van der Waals surface area contributed by atoms with Crippen LogP contribution in [0.1, 0.15) is 72.1 Å². The molecule has 0 spiro atoms. The van der Waals surface area contributed by atoms with Gasteiger partial charge in [-0.1, -0.05) is 52.9 Å². The highest BCUT2D eigenvalue weighted by Gasteiger charge is 2.18. The second-order valence-corrected chi connectivity index (χ2v) is 6.31. The van der Waals surface area contributed by atoms with E-state index in [4.69, 9.17) is 0 Å². The van der Waals surface area contributed by atoms with Crippen LogP contribution in [0.25, 0.3) is 0 Å². The van der Waals surface area contributed by atoms with Gasteiger partial charge in [0.1, 0.15) is 5.78 Å². The molecule has 0 aliphatic heterocycles. The molecule has 1 rings (SSSR count). The first-order valence-electron chi connectivity index (χ1n) is 6.49. The second kappa shape index (κ2) is 5.67. The number of carbonyl (C=O) groups excluding carboxylic acids is 1. The van der Waals surface area contributed by atoms with Gasteiger partial charge in [0.15, 0.2) is 0 Å². The lowest BCUT2D eigenvalue weighted by Crippen LogP contribution is -2.14. The Labute approximate surface area is 94.6 Å². The molecule has 0 atom stereocenters. The van der Waals surface area contributed by atoms with Crippen LogP contribution in [0.15, 0.2) is 0 Å². The van der Waals surface area contributed by atoms with Crippen molar-refractivity contribution in [3.05, 3.63) is 0 Å². The zero-order valence-corrected chi connectivity index (χ0v) is 10.6. The molecule has 0 N–H and O–H groups in total. The average molecular weight is 210 g/mol. The smallest absolute Gasteiger partial charge is 0.133 e. The Morgan fingerprint density at radius 3 is 2.27 bits per heavy atom. The van der Waals surface area contributed by atoms with Crippen molar-refractivity contribution in [3.8, 4) is 0 Å². The molecule has 0 bridgehead atoms. The number of Topliss-reactive ketones (excluding diaryl/α,β-unsaturated/α-hetero) is 1. The van der Waals surface area contributed by atoms with Crippen molar-refractivity contribution < 1.29 is 4.79 Å². The molecule has 1 fully saturated rings. The summed E-state index contributed by atoms with van der Waals surface area (Å²) in [5.41, 5.74) is 0.308. The van der Waals surface area contributed by atoms with Crippen molar-refractivity contribution in [3.63, 3.8) is 0 Å². The fraction of sp³-hybridized carbons (Fsp3) is 0.929. The highest BCUT2D eigenvalue weighted by atomic mass is 16.1. The minimum atomic E-state index is 0.308. The molecule has 0 heterocycles. The summed E-state index contributed by atoms with van der Waals surface area (Å²) in [6.07, 6.45) is 9.35. The van der Waals surface area contributed by atoms with E-state index in [-0.39, 0.29) is 0 Å². The van der Waals surface area contributed by atoms with Gasteiger partial charge in [-0.25, -0.2) is 0 Å². The molecule has 0 aromatic heterocycles. The van der Waals surface area contributed by atoms with E-state index in [0.717, 1.165) is 19.3 Å². The monoisotopic (exact) mass is 210 g/mol. The summed E-state index contributed by atoms with van der Waals surface area (Å²) < 4.78 is 0. The van der Waals surface area contributed by atoms with Crippen molar-refractivity contribution in [1.82, 2.24) is 0 Å². The van der Waals surface area contributed by atoms with Crippen LogP contribution in [0.3, 0.4) is 0 Å². The normalized spacial score (nSPS) is 19.1. The lowest BCUT2D eigenvalue weighted by molar-refractivity contribution is -0.120. The Balaban J connectivity index is 2.17. The molecule has 1 aliphatic rings. The average Bonchev–Trinajstić information content (AvgIpc) is 2.15. The van der Waals surface area contributed by atoms with E-state index in [2.05, 4.69) is 20.8 Å². The van der Waals surface area contributed by atoms with Crippen LogP contribution in [0, 0.1) is 11.3 Å². The van der Waals surface area contributed by atoms with Crippen molar-refractivity contribution >= 4 is 5.78 Å². The minimum Gasteiger partial charge on any atom is -0.300 e. The first-order valence-corrected chi connectivity index (χ1v) is 6.49. The van der Waals surface area contributed by atoms with E-state index in [9.17, 15) is 4.79 Å². The fourth-order valence-electron chi connectivity index (χ4n) is 2.33. The first-order chi connectivity index (χ1) is 6.97. The van der Waals surface area contributed by atoms with Crippen LogP contribution >= 0.6 is 0 Å². The maximum absolute atomic E-state index is 11.8. The second-order valence-electron chi connectivity index (χ2n) is 6.31. The summed E-state index contributed by atoms with van der Waals surface area (Å²) in [6, 6.07) is 0. The summed E-state index contributed by atoms with van der Waals surface area (Å²) in [5, 5.41) is 0. The molecule has 1 heteroatoms. The zero-order chi connectivity index (χ0) is 11.3. The van der Waals surface area contributed by atoms with Crippen LogP contribution in [-0.2, 0) is 4.79 Å². The number of hydrogen-bond acceptors (Lipinski definition) is 1. The quantitative estimate of drug-likeness (QED) is 0.674. The lowest BCUT2D eigenvalue weighted by atomic mass is 9.83. The van der Waals surface area contributed by atoms with Gasteiger partial charge < -0.3 is 0 Å². The minimum absolute atomic E-state index is 0.308. The Kier molecular flexibility index (Phi) is 4.82. The predicted octanol–water partition coefficient (Wildman–Crippen LogP) is 4.35. The Morgan fingerprint density at radius 2 is 1.73 bits per heavy atom. The van der Waals surface area contributed by atoms with E-state index in [1.54, 1.807) is 0 Å². The van der Waals surface area contributed by atoms with Crippen molar-refractivity contribution in [1.29, 1.82) is 0 Å². The van der Waals surface area contributed by atoms with E-state index in [1.807, 2.05) is 0 Å². The van der Waals surface area contributed by atoms with E-state index in [0.29, 0.717) is 17.1 Å². The van der Waals surface area contributed by atoms with Gasteiger partial charge in [-0.2, -0.15) is 0 Å². The third kappa shape index (κ3) is 5.96. The molecule has 0 unspecified atom stereocenters. The maximum atomic E-state index is 11.8. The summed E-state index contributed by atoms with van der Waals surface area (Å²) >= 11 is 0. The number of carbonyl (C=O) groups is 1. The Bertz CT molecular complexity index is 194. The SMILES string of the molecule is CC(C)(C)CCC(=O)CC1CCCCC1. The predicted molar refractivity (Wildman–Crippen MR) is 64.9 cm³/mol. The van der Waals surface area contributed by atoms with Crippen LogP contribution in [0.5, 0.6) is 0 Å². The van der Waals surface area contributed by atoms with Crippen molar-refractivity contribution in [2.24, 2.45) is 11.3 Å². The van der Waals surface area contributed by atoms with Gasteiger partial charge >= 0.3 is 0 Å². The molecule has 1 aliphatic carbocycles. The van der Waals surface area contributed by atoms with E-state index < -0.39 is 0 Å². The van der Waals surface area contributed by atoms with Crippen molar-refractivity contribution in [2.75, 3.05) is 0 Å². The molecule has 1 saturated carbocycles. The van der Waals surface area contributed by atoms with E-state index >= 15 is 0 Å². The number of rotatable bonds is 4. The summed E-state index contributed by atoms with van der Waals surface area (Å²) in [6.45, 7) is 6.63. The summed E-state index contributed by atoms with van der Waals surface area (Å²) in [4.78, 5) is 11.8. The third-order valence-electron chi connectivity index (χ3n) is 3.39.